The highest BCUT2D eigenvalue weighted by Gasteiger charge is 2.42. The van der Waals surface area contributed by atoms with Crippen molar-refractivity contribution in [3.63, 3.8) is 0 Å². The summed E-state index contributed by atoms with van der Waals surface area (Å²) in [6.45, 7) is 1.16. The van der Waals surface area contributed by atoms with Crippen LogP contribution in [0.5, 0.6) is 5.75 Å². The Balaban J connectivity index is 1.49. The summed E-state index contributed by atoms with van der Waals surface area (Å²) in [6, 6.07) is 16.2. The predicted octanol–water partition coefficient (Wildman–Crippen LogP) is 3.54. The summed E-state index contributed by atoms with van der Waals surface area (Å²) >= 11 is 0. The largest absolute Gasteiger partial charge is 0.496 e. The first kappa shape index (κ1) is 20.2. The average molecular weight is 405 g/mol. The Morgan fingerprint density at radius 3 is 2.93 bits per heavy atom. The molecular weight excluding hydrogens is 378 g/mol. The molecule has 6 heteroatoms. The van der Waals surface area contributed by atoms with Gasteiger partial charge in [-0.15, -0.1) is 0 Å². The molecule has 1 aromatic heterocycles. The second kappa shape index (κ2) is 9.13. The van der Waals surface area contributed by atoms with Gasteiger partial charge < -0.3 is 19.8 Å². The minimum Gasteiger partial charge on any atom is -0.496 e. The molecule has 1 aliphatic rings. The summed E-state index contributed by atoms with van der Waals surface area (Å²) in [6.07, 6.45) is 6.30. The number of amides is 1. The highest BCUT2D eigenvalue weighted by Crippen LogP contribution is 2.33. The SMILES string of the molecule is COc1ccccc1-c1cccc(CC2(C(=O)NCCc3cnc[nH]3)CCCO2)c1. The van der Waals surface area contributed by atoms with Crippen LogP contribution in [0.25, 0.3) is 11.1 Å². The number of aromatic amines is 1. The molecule has 0 radical (unpaired) electrons. The number of rotatable bonds is 8. The lowest BCUT2D eigenvalue weighted by molar-refractivity contribution is -0.141. The van der Waals surface area contributed by atoms with Gasteiger partial charge in [-0.25, -0.2) is 4.98 Å². The maximum atomic E-state index is 13.1. The minimum absolute atomic E-state index is 0.0396. The maximum absolute atomic E-state index is 13.1. The van der Waals surface area contributed by atoms with Gasteiger partial charge >= 0.3 is 0 Å². The number of aromatic nitrogens is 2. The van der Waals surface area contributed by atoms with Crippen molar-refractivity contribution in [2.45, 2.75) is 31.3 Å². The van der Waals surface area contributed by atoms with Crippen molar-refractivity contribution in [3.05, 3.63) is 72.3 Å². The van der Waals surface area contributed by atoms with E-state index in [1.54, 1.807) is 19.6 Å². The van der Waals surface area contributed by atoms with Crippen LogP contribution in [0.4, 0.5) is 0 Å². The number of methoxy groups -OCH3 is 1. The zero-order valence-corrected chi connectivity index (χ0v) is 17.2. The number of carbonyl (C=O) groups is 1. The first-order chi connectivity index (χ1) is 14.7. The molecule has 30 heavy (non-hydrogen) atoms. The molecule has 0 saturated carbocycles. The highest BCUT2D eigenvalue weighted by atomic mass is 16.5. The van der Waals surface area contributed by atoms with E-state index in [4.69, 9.17) is 9.47 Å². The fourth-order valence-electron chi connectivity index (χ4n) is 4.05. The fourth-order valence-corrected chi connectivity index (χ4v) is 4.05. The van der Waals surface area contributed by atoms with Gasteiger partial charge in [0.1, 0.15) is 5.75 Å². The molecule has 0 bridgehead atoms. The predicted molar refractivity (Wildman–Crippen MR) is 115 cm³/mol. The first-order valence-electron chi connectivity index (χ1n) is 10.3. The third-order valence-corrected chi connectivity index (χ3v) is 5.59. The molecule has 1 fully saturated rings. The summed E-state index contributed by atoms with van der Waals surface area (Å²) < 4.78 is 11.5. The van der Waals surface area contributed by atoms with Crippen LogP contribution in [-0.2, 0) is 22.4 Å². The minimum atomic E-state index is -0.812. The number of para-hydroxylation sites is 1. The molecule has 1 aliphatic heterocycles. The van der Waals surface area contributed by atoms with Gasteiger partial charge in [0.05, 0.1) is 13.4 Å². The zero-order valence-electron chi connectivity index (χ0n) is 17.2. The smallest absolute Gasteiger partial charge is 0.252 e. The van der Waals surface area contributed by atoms with Gasteiger partial charge in [-0.3, -0.25) is 4.79 Å². The van der Waals surface area contributed by atoms with E-state index in [2.05, 4.69) is 33.5 Å². The summed E-state index contributed by atoms with van der Waals surface area (Å²) in [5, 5.41) is 3.06. The van der Waals surface area contributed by atoms with Crippen LogP contribution in [0, 0.1) is 0 Å². The van der Waals surface area contributed by atoms with E-state index < -0.39 is 5.60 Å². The standard InChI is InChI=1S/C24H27N3O3/c1-29-22-9-3-2-8-21(22)19-7-4-6-18(14-19)15-24(11-5-13-30-24)23(28)26-12-10-20-16-25-17-27-20/h2-4,6-9,14,16-17H,5,10-13,15H2,1H3,(H,25,27)(H,26,28). The monoisotopic (exact) mass is 405 g/mol. The van der Waals surface area contributed by atoms with Crippen molar-refractivity contribution in [3.8, 4) is 16.9 Å². The number of imidazole rings is 1. The number of nitrogens with zero attached hydrogens (tertiary/aromatic N) is 1. The van der Waals surface area contributed by atoms with Crippen molar-refractivity contribution >= 4 is 5.91 Å². The number of hydrogen-bond donors (Lipinski definition) is 2. The lowest BCUT2D eigenvalue weighted by atomic mass is 9.89. The Labute approximate surface area is 176 Å². The third kappa shape index (κ3) is 4.39. The van der Waals surface area contributed by atoms with Crippen molar-refractivity contribution in [1.82, 2.24) is 15.3 Å². The van der Waals surface area contributed by atoms with Crippen molar-refractivity contribution in [2.24, 2.45) is 0 Å². The first-order valence-corrected chi connectivity index (χ1v) is 10.3. The van der Waals surface area contributed by atoms with Crippen molar-refractivity contribution < 1.29 is 14.3 Å². The van der Waals surface area contributed by atoms with E-state index >= 15 is 0 Å². The van der Waals surface area contributed by atoms with Gasteiger partial charge in [-0.1, -0.05) is 42.5 Å². The lowest BCUT2D eigenvalue weighted by Crippen LogP contribution is -2.48. The Hall–Kier alpha value is -3.12. The normalized spacial score (nSPS) is 18.3. The molecule has 1 saturated heterocycles. The number of benzene rings is 2. The van der Waals surface area contributed by atoms with E-state index in [1.165, 1.54) is 0 Å². The van der Waals surface area contributed by atoms with Gasteiger partial charge in [0.25, 0.3) is 5.91 Å². The van der Waals surface area contributed by atoms with Crippen LogP contribution in [0.15, 0.2) is 61.1 Å². The van der Waals surface area contributed by atoms with Crippen LogP contribution in [-0.4, -0.2) is 41.7 Å². The molecule has 0 spiro atoms. The van der Waals surface area contributed by atoms with E-state index in [1.807, 2.05) is 30.3 Å². The van der Waals surface area contributed by atoms with Crippen LogP contribution in [0.1, 0.15) is 24.1 Å². The molecule has 1 atom stereocenters. The van der Waals surface area contributed by atoms with E-state index in [-0.39, 0.29) is 5.91 Å². The average Bonchev–Trinajstić information content (AvgIpc) is 3.47. The van der Waals surface area contributed by atoms with E-state index in [9.17, 15) is 4.79 Å². The molecule has 1 amide bonds. The Morgan fingerprint density at radius 2 is 2.17 bits per heavy atom. The Morgan fingerprint density at radius 1 is 1.27 bits per heavy atom. The molecule has 3 aromatic rings. The summed E-state index contributed by atoms with van der Waals surface area (Å²) in [4.78, 5) is 20.1. The van der Waals surface area contributed by atoms with Crippen molar-refractivity contribution in [1.29, 1.82) is 0 Å². The van der Waals surface area contributed by atoms with Gasteiger partial charge in [-0.05, 0) is 30.0 Å². The van der Waals surface area contributed by atoms with Gasteiger partial charge in [-0.2, -0.15) is 0 Å². The van der Waals surface area contributed by atoms with E-state index in [0.717, 1.165) is 41.0 Å². The second-order valence-corrected chi connectivity index (χ2v) is 7.61. The molecule has 1 unspecified atom stereocenters. The number of nitrogens with one attached hydrogen (secondary N) is 2. The quantitative estimate of drug-likeness (QED) is 0.601. The highest BCUT2D eigenvalue weighted by molar-refractivity contribution is 5.86. The molecule has 4 rings (SSSR count). The van der Waals surface area contributed by atoms with Crippen LogP contribution < -0.4 is 10.1 Å². The topological polar surface area (TPSA) is 76.2 Å². The Bertz CT molecular complexity index is 979. The number of carbonyl (C=O) groups excluding carboxylic acids is 1. The van der Waals surface area contributed by atoms with Crippen molar-refractivity contribution in [2.75, 3.05) is 20.3 Å². The number of H-pyrrole nitrogens is 1. The van der Waals surface area contributed by atoms with Gasteiger partial charge in [0.15, 0.2) is 5.60 Å². The van der Waals surface area contributed by atoms with Crippen LogP contribution >= 0.6 is 0 Å². The fraction of sp³-hybridized carbons (Fsp3) is 0.333. The molecule has 0 aliphatic carbocycles. The summed E-state index contributed by atoms with van der Waals surface area (Å²) in [5.41, 5.74) is 3.36. The molecule has 2 N–H and O–H groups in total. The third-order valence-electron chi connectivity index (χ3n) is 5.59. The molecular formula is C24H27N3O3. The lowest BCUT2D eigenvalue weighted by Gasteiger charge is -2.27. The number of ether oxygens (including phenoxy) is 2. The molecule has 156 valence electrons. The molecule has 2 aromatic carbocycles. The van der Waals surface area contributed by atoms with Gasteiger partial charge in [0, 0.05) is 43.4 Å². The van der Waals surface area contributed by atoms with E-state index in [0.29, 0.717) is 26.0 Å². The van der Waals surface area contributed by atoms with Gasteiger partial charge in [0.2, 0.25) is 0 Å². The zero-order chi connectivity index (χ0) is 20.8. The number of hydrogen-bond acceptors (Lipinski definition) is 4. The molecule has 2 heterocycles. The maximum Gasteiger partial charge on any atom is 0.252 e. The summed E-state index contributed by atoms with van der Waals surface area (Å²) in [5.74, 6) is 0.792. The summed E-state index contributed by atoms with van der Waals surface area (Å²) in [7, 11) is 1.68. The van der Waals surface area contributed by atoms with Crippen LogP contribution in [0.2, 0.25) is 0 Å². The Kier molecular flexibility index (Phi) is 6.14. The second-order valence-electron chi connectivity index (χ2n) is 7.61. The molecule has 6 nitrogen and oxygen atoms in total. The van der Waals surface area contributed by atoms with Crippen LogP contribution in [0.3, 0.4) is 0 Å².